The maximum atomic E-state index is 12.4. The van der Waals surface area contributed by atoms with Crippen LogP contribution >= 0.6 is 22.9 Å². The third-order valence-corrected chi connectivity index (χ3v) is 4.96. The molecule has 0 saturated heterocycles. The molecule has 0 aliphatic carbocycles. The molecule has 0 fully saturated rings. The van der Waals surface area contributed by atoms with Gasteiger partial charge >= 0.3 is 5.97 Å². The van der Waals surface area contributed by atoms with E-state index >= 15 is 0 Å². The number of aryl methyl sites for hydroxylation is 1. The number of thiophene rings is 1. The highest BCUT2D eigenvalue weighted by molar-refractivity contribution is 7.20. The highest BCUT2D eigenvalue weighted by Gasteiger charge is 2.19. The number of aromatic nitrogens is 2. The normalized spacial score (nSPS) is 11.3. The van der Waals surface area contributed by atoms with Gasteiger partial charge in [-0.1, -0.05) is 29.8 Å². The largest absolute Gasteiger partial charge is 0.462 e. The maximum Gasteiger partial charge on any atom is 0.348 e. The van der Waals surface area contributed by atoms with Crippen LogP contribution in [0, 0.1) is 6.92 Å². The topological polar surface area (TPSA) is 72.0 Å². The Kier molecular flexibility index (Phi) is 5.01. The summed E-state index contributed by atoms with van der Waals surface area (Å²) >= 11 is 7.12. The van der Waals surface area contributed by atoms with Crippen LogP contribution < -0.4 is 5.56 Å². The van der Waals surface area contributed by atoms with Gasteiger partial charge in [-0.05, 0) is 43.2 Å². The number of carbonyl (C=O) groups excluding carboxylic acids is 1. The van der Waals surface area contributed by atoms with Crippen LogP contribution in [0.2, 0.25) is 5.02 Å². The molecule has 1 aromatic carbocycles. The first-order valence-corrected chi connectivity index (χ1v) is 8.83. The maximum absolute atomic E-state index is 12.4. The SMILES string of the molecule is CCOC(=O)c1sc2nc(C=Cc3cccc(Cl)c3)[nH]c(=O)c2c1C. The van der Waals surface area contributed by atoms with E-state index in [1.54, 1.807) is 26.0 Å². The number of nitrogens with zero attached hydrogens (tertiary/aromatic N) is 1. The van der Waals surface area contributed by atoms with Gasteiger partial charge in [0.15, 0.2) is 0 Å². The molecule has 25 heavy (non-hydrogen) atoms. The van der Waals surface area contributed by atoms with Crippen LogP contribution in [0.15, 0.2) is 29.1 Å². The van der Waals surface area contributed by atoms with E-state index in [0.717, 1.165) is 16.9 Å². The molecule has 3 aromatic rings. The van der Waals surface area contributed by atoms with E-state index < -0.39 is 5.97 Å². The van der Waals surface area contributed by atoms with Crippen molar-refractivity contribution in [1.29, 1.82) is 0 Å². The lowest BCUT2D eigenvalue weighted by Gasteiger charge is -1.98. The Balaban J connectivity index is 2.01. The Bertz CT molecular complexity index is 1040. The van der Waals surface area contributed by atoms with Crippen LogP contribution in [-0.2, 0) is 4.74 Å². The summed E-state index contributed by atoms with van der Waals surface area (Å²) < 4.78 is 5.03. The quantitative estimate of drug-likeness (QED) is 0.691. The van der Waals surface area contributed by atoms with E-state index in [1.807, 2.05) is 24.3 Å². The lowest BCUT2D eigenvalue weighted by atomic mass is 10.2. The Morgan fingerprint density at radius 3 is 2.92 bits per heavy atom. The molecule has 2 aromatic heterocycles. The van der Waals surface area contributed by atoms with Gasteiger partial charge in [0.05, 0.1) is 12.0 Å². The van der Waals surface area contributed by atoms with E-state index in [2.05, 4.69) is 9.97 Å². The Morgan fingerprint density at radius 2 is 2.20 bits per heavy atom. The smallest absolute Gasteiger partial charge is 0.348 e. The Morgan fingerprint density at radius 1 is 1.40 bits per heavy atom. The molecule has 0 unspecified atom stereocenters. The van der Waals surface area contributed by atoms with E-state index in [-0.39, 0.29) is 12.2 Å². The number of halogens is 1. The molecule has 5 nitrogen and oxygen atoms in total. The minimum Gasteiger partial charge on any atom is -0.462 e. The molecule has 3 rings (SSSR count). The first-order valence-electron chi connectivity index (χ1n) is 7.63. The fraction of sp³-hybridized carbons (Fsp3) is 0.167. The second kappa shape index (κ2) is 7.21. The molecule has 0 bridgehead atoms. The Labute approximate surface area is 152 Å². The second-order valence-corrected chi connectivity index (χ2v) is 6.73. The summed E-state index contributed by atoms with van der Waals surface area (Å²) in [5.74, 6) is -0.0208. The lowest BCUT2D eigenvalue weighted by molar-refractivity contribution is 0.0531. The summed E-state index contributed by atoms with van der Waals surface area (Å²) in [6, 6.07) is 7.34. The molecule has 2 heterocycles. The minimum absolute atomic E-state index is 0.278. The lowest BCUT2D eigenvalue weighted by Crippen LogP contribution is -2.10. The van der Waals surface area contributed by atoms with Gasteiger partial charge < -0.3 is 9.72 Å². The fourth-order valence-electron chi connectivity index (χ4n) is 2.42. The van der Waals surface area contributed by atoms with Gasteiger partial charge in [-0.2, -0.15) is 0 Å². The minimum atomic E-state index is -0.432. The van der Waals surface area contributed by atoms with Gasteiger partial charge in [-0.3, -0.25) is 4.79 Å². The molecule has 0 aliphatic rings. The average Bonchev–Trinajstić information content (AvgIpc) is 2.91. The number of ether oxygens (including phenoxy) is 1. The number of nitrogens with one attached hydrogen (secondary N) is 1. The van der Waals surface area contributed by atoms with Gasteiger partial charge in [0.1, 0.15) is 15.5 Å². The van der Waals surface area contributed by atoms with E-state index in [4.69, 9.17) is 16.3 Å². The number of H-pyrrole nitrogens is 1. The van der Waals surface area contributed by atoms with Crippen molar-refractivity contribution in [1.82, 2.24) is 9.97 Å². The molecule has 0 spiro atoms. The third kappa shape index (κ3) is 3.65. The molecule has 0 radical (unpaired) electrons. The second-order valence-electron chi connectivity index (χ2n) is 5.30. The summed E-state index contributed by atoms with van der Waals surface area (Å²) in [6.45, 7) is 3.75. The van der Waals surface area contributed by atoms with Crippen molar-refractivity contribution in [3.63, 3.8) is 0 Å². The predicted molar refractivity (Wildman–Crippen MR) is 101 cm³/mol. The number of aromatic amines is 1. The van der Waals surface area contributed by atoms with Gasteiger partial charge in [0, 0.05) is 5.02 Å². The molecule has 7 heteroatoms. The van der Waals surface area contributed by atoms with E-state index in [0.29, 0.717) is 31.5 Å². The van der Waals surface area contributed by atoms with Gasteiger partial charge in [0.25, 0.3) is 5.56 Å². The summed E-state index contributed by atoms with van der Waals surface area (Å²) in [5.41, 5.74) is 1.21. The zero-order chi connectivity index (χ0) is 18.0. The van der Waals surface area contributed by atoms with Crippen LogP contribution in [0.5, 0.6) is 0 Å². The van der Waals surface area contributed by atoms with E-state index in [9.17, 15) is 9.59 Å². The zero-order valence-corrected chi connectivity index (χ0v) is 15.2. The van der Waals surface area contributed by atoms with Crippen molar-refractivity contribution in [2.45, 2.75) is 13.8 Å². The molecule has 0 saturated carbocycles. The summed E-state index contributed by atoms with van der Waals surface area (Å²) in [6.07, 6.45) is 3.51. The molecule has 0 aliphatic heterocycles. The molecular formula is C18H15ClN2O3S. The standard InChI is InChI=1S/C18H15ClN2O3S/c1-3-24-18(23)15-10(2)14-16(22)20-13(21-17(14)25-15)8-7-11-5-4-6-12(19)9-11/h4-9H,3H2,1-2H3,(H,20,21,22). The van der Waals surface area contributed by atoms with E-state index in [1.165, 1.54) is 0 Å². The fourth-order valence-corrected chi connectivity index (χ4v) is 3.70. The zero-order valence-electron chi connectivity index (χ0n) is 13.6. The van der Waals surface area contributed by atoms with Gasteiger partial charge in [0.2, 0.25) is 0 Å². The molecule has 0 atom stereocenters. The number of fused-ring (bicyclic) bond motifs is 1. The van der Waals surface area contributed by atoms with Crippen molar-refractivity contribution < 1.29 is 9.53 Å². The number of esters is 1. The molecule has 1 N–H and O–H groups in total. The number of benzene rings is 1. The highest BCUT2D eigenvalue weighted by Crippen LogP contribution is 2.27. The van der Waals surface area contributed by atoms with Crippen LogP contribution in [-0.4, -0.2) is 22.5 Å². The molecular weight excluding hydrogens is 360 g/mol. The number of carbonyl (C=O) groups is 1. The van der Waals surface area contributed by atoms with Crippen LogP contribution in [0.4, 0.5) is 0 Å². The molecule has 128 valence electrons. The summed E-state index contributed by atoms with van der Waals surface area (Å²) in [5, 5.41) is 1.06. The van der Waals surface area contributed by atoms with Crippen molar-refractivity contribution >= 4 is 51.3 Å². The first-order chi connectivity index (χ1) is 12.0. The monoisotopic (exact) mass is 374 g/mol. The summed E-state index contributed by atoms with van der Waals surface area (Å²) in [4.78, 5) is 32.5. The van der Waals surface area contributed by atoms with Crippen LogP contribution in [0.3, 0.4) is 0 Å². The van der Waals surface area contributed by atoms with Crippen molar-refractivity contribution in [2.75, 3.05) is 6.61 Å². The first kappa shape index (κ1) is 17.4. The Hall–Kier alpha value is -2.44. The number of rotatable bonds is 4. The van der Waals surface area contributed by atoms with Crippen molar-refractivity contribution in [3.05, 3.63) is 61.5 Å². The predicted octanol–water partition coefficient (Wildman–Crippen LogP) is 4.29. The van der Waals surface area contributed by atoms with Gasteiger partial charge in [-0.25, -0.2) is 9.78 Å². The average molecular weight is 375 g/mol. The van der Waals surface area contributed by atoms with Crippen molar-refractivity contribution in [2.24, 2.45) is 0 Å². The van der Waals surface area contributed by atoms with Gasteiger partial charge in [-0.15, -0.1) is 11.3 Å². The highest BCUT2D eigenvalue weighted by atomic mass is 35.5. The number of hydrogen-bond donors (Lipinski definition) is 1. The number of hydrogen-bond acceptors (Lipinski definition) is 5. The van der Waals surface area contributed by atoms with Crippen LogP contribution in [0.1, 0.15) is 33.5 Å². The van der Waals surface area contributed by atoms with Crippen molar-refractivity contribution in [3.8, 4) is 0 Å². The third-order valence-electron chi connectivity index (χ3n) is 3.56. The summed E-state index contributed by atoms with van der Waals surface area (Å²) in [7, 11) is 0. The van der Waals surface area contributed by atoms with Crippen LogP contribution in [0.25, 0.3) is 22.4 Å². The molecule has 0 amide bonds.